The fourth-order valence-corrected chi connectivity index (χ4v) is 3.99. The lowest BCUT2D eigenvalue weighted by atomic mass is 9.98. The summed E-state index contributed by atoms with van der Waals surface area (Å²) >= 11 is 0. The molecular formula is C18H18N4O. The lowest BCUT2D eigenvalue weighted by molar-refractivity contribution is -0.118. The minimum Gasteiger partial charge on any atom is -0.340 e. The molecule has 116 valence electrons. The van der Waals surface area contributed by atoms with Crippen molar-refractivity contribution in [2.75, 3.05) is 6.54 Å². The van der Waals surface area contributed by atoms with Gasteiger partial charge in [-0.05, 0) is 18.9 Å². The van der Waals surface area contributed by atoms with Crippen molar-refractivity contribution < 1.29 is 4.79 Å². The summed E-state index contributed by atoms with van der Waals surface area (Å²) in [5.41, 5.74) is 5.15. The van der Waals surface area contributed by atoms with Gasteiger partial charge < -0.3 is 9.88 Å². The Morgan fingerprint density at radius 3 is 3.00 bits per heavy atom. The summed E-state index contributed by atoms with van der Waals surface area (Å²) in [4.78, 5) is 26.5. The molecule has 1 fully saturated rings. The van der Waals surface area contributed by atoms with Crippen LogP contribution in [0.2, 0.25) is 0 Å². The number of Topliss-reactive ketones (excluding diaryl/α,β-unsaturated/α-hetero) is 1. The SMILES string of the molecule is O=C1CC=C2c3cnc4nc(C5CCCC5)[nH]c4c3C=CN2C1. The van der Waals surface area contributed by atoms with Crippen molar-refractivity contribution in [2.24, 2.45) is 0 Å². The van der Waals surface area contributed by atoms with E-state index in [1.54, 1.807) is 0 Å². The highest BCUT2D eigenvalue weighted by atomic mass is 16.1. The van der Waals surface area contributed by atoms with E-state index in [1.807, 2.05) is 23.4 Å². The van der Waals surface area contributed by atoms with Gasteiger partial charge in [-0.1, -0.05) is 18.9 Å². The second kappa shape index (κ2) is 4.78. The number of aromatic nitrogens is 3. The second-order valence-corrected chi connectivity index (χ2v) is 6.66. The number of hydrogen-bond donors (Lipinski definition) is 1. The molecule has 3 aliphatic rings. The van der Waals surface area contributed by atoms with Crippen molar-refractivity contribution in [1.82, 2.24) is 19.9 Å². The first kappa shape index (κ1) is 13.0. The number of H-pyrrole nitrogens is 1. The Balaban J connectivity index is 1.65. The topological polar surface area (TPSA) is 61.9 Å². The number of carbonyl (C=O) groups is 1. The minimum atomic E-state index is 0.251. The monoisotopic (exact) mass is 306 g/mol. The molecule has 0 spiro atoms. The number of fused-ring (bicyclic) bond motifs is 5. The maximum absolute atomic E-state index is 11.6. The van der Waals surface area contributed by atoms with Crippen LogP contribution in [0.25, 0.3) is 22.9 Å². The number of nitrogens with zero attached hydrogens (tertiary/aromatic N) is 3. The summed E-state index contributed by atoms with van der Waals surface area (Å²) in [5, 5.41) is 0. The van der Waals surface area contributed by atoms with E-state index < -0.39 is 0 Å². The molecule has 4 heterocycles. The van der Waals surface area contributed by atoms with Gasteiger partial charge in [0.1, 0.15) is 5.82 Å². The lowest BCUT2D eigenvalue weighted by Gasteiger charge is -2.30. The van der Waals surface area contributed by atoms with Crippen LogP contribution in [0.3, 0.4) is 0 Å². The minimum absolute atomic E-state index is 0.251. The van der Waals surface area contributed by atoms with Crippen molar-refractivity contribution in [3.63, 3.8) is 0 Å². The van der Waals surface area contributed by atoms with Crippen LogP contribution >= 0.6 is 0 Å². The number of ketones is 1. The van der Waals surface area contributed by atoms with Gasteiger partial charge in [0.15, 0.2) is 11.4 Å². The van der Waals surface area contributed by atoms with Gasteiger partial charge in [0.05, 0.1) is 12.1 Å². The van der Waals surface area contributed by atoms with Crippen LogP contribution in [-0.2, 0) is 4.79 Å². The van der Waals surface area contributed by atoms with Gasteiger partial charge in [0, 0.05) is 41.6 Å². The van der Waals surface area contributed by atoms with Gasteiger partial charge >= 0.3 is 0 Å². The Hall–Kier alpha value is -2.43. The summed E-state index contributed by atoms with van der Waals surface area (Å²) < 4.78 is 0. The zero-order valence-electron chi connectivity index (χ0n) is 12.9. The molecule has 0 radical (unpaired) electrons. The Morgan fingerprint density at radius 2 is 2.13 bits per heavy atom. The van der Waals surface area contributed by atoms with E-state index >= 15 is 0 Å². The van der Waals surface area contributed by atoms with E-state index in [1.165, 1.54) is 25.7 Å². The van der Waals surface area contributed by atoms with Crippen molar-refractivity contribution in [1.29, 1.82) is 0 Å². The molecule has 0 unspecified atom stereocenters. The summed E-state index contributed by atoms with van der Waals surface area (Å²) in [5.74, 6) is 1.89. The highest BCUT2D eigenvalue weighted by Crippen LogP contribution is 2.37. The first-order valence-electron chi connectivity index (χ1n) is 8.35. The number of pyridine rings is 1. The van der Waals surface area contributed by atoms with Crippen LogP contribution < -0.4 is 0 Å². The van der Waals surface area contributed by atoms with Gasteiger partial charge in [-0.25, -0.2) is 9.97 Å². The molecule has 0 amide bonds. The van der Waals surface area contributed by atoms with Gasteiger partial charge in [-0.2, -0.15) is 0 Å². The summed E-state index contributed by atoms with van der Waals surface area (Å²) in [6.45, 7) is 0.454. The number of allylic oxidation sites excluding steroid dienone is 1. The molecule has 0 bridgehead atoms. The Kier molecular flexibility index (Phi) is 2.71. The molecule has 0 atom stereocenters. The van der Waals surface area contributed by atoms with E-state index in [0.717, 1.165) is 33.8 Å². The molecule has 23 heavy (non-hydrogen) atoms. The molecule has 1 aliphatic carbocycles. The number of rotatable bonds is 1. The predicted octanol–water partition coefficient (Wildman–Crippen LogP) is 3.22. The second-order valence-electron chi connectivity index (χ2n) is 6.66. The summed E-state index contributed by atoms with van der Waals surface area (Å²) in [6.07, 6.45) is 13.5. The predicted molar refractivity (Wildman–Crippen MR) is 88.4 cm³/mol. The number of imidazole rings is 1. The van der Waals surface area contributed by atoms with Crippen LogP contribution in [0.4, 0.5) is 0 Å². The van der Waals surface area contributed by atoms with Gasteiger partial charge in [0.2, 0.25) is 0 Å². The van der Waals surface area contributed by atoms with Crippen LogP contribution in [0.15, 0.2) is 18.5 Å². The van der Waals surface area contributed by atoms with Crippen molar-refractivity contribution in [3.05, 3.63) is 35.4 Å². The maximum Gasteiger partial charge on any atom is 0.178 e. The number of nitrogens with one attached hydrogen (secondary N) is 1. The lowest BCUT2D eigenvalue weighted by Crippen LogP contribution is -2.29. The van der Waals surface area contributed by atoms with Crippen molar-refractivity contribution >= 4 is 28.7 Å². The van der Waals surface area contributed by atoms with Gasteiger partial charge in [-0.3, -0.25) is 4.79 Å². The van der Waals surface area contributed by atoms with Crippen LogP contribution in [0, 0.1) is 0 Å². The largest absolute Gasteiger partial charge is 0.340 e. The summed E-state index contributed by atoms with van der Waals surface area (Å²) in [6, 6.07) is 0. The first-order chi connectivity index (χ1) is 11.3. The molecule has 5 rings (SSSR count). The fraction of sp³-hybridized carbons (Fsp3) is 0.389. The van der Waals surface area contributed by atoms with Gasteiger partial charge in [-0.15, -0.1) is 0 Å². The standard InChI is InChI=1S/C18H18N4O/c23-12-5-6-15-14-9-19-18-16(13(14)7-8-22(15)10-12)20-17(21-18)11-3-1-2-4-11/h6-9,11H,1-5,10H2,(H,19,20,21). The third-order valence-corrected chi connectivity index (χ3v) is 5.20. The average molecular weight is 306 g/mol. The Bertz CT molecular complexity index is 871. The van der Waals surface area contributed by atoms with Crippen LogP contribution in [0.1, 0.15) is 55.0 Å². The quantitative estimate of drug-likeness (QED) is 0.878. The van der Waals surface area contributed by atoms with E-state index in [9.17, 15) is 4.79 Å². The summed E-state index contributed by atoms with van der Waals surface area (Å²) in [7, 11) is 0. The van der Waals surface area contributed by atoms with E-state index in [4.69, 9.17) is 4.98 Å². The number of hydrogen-bond acceptors (Lipinski definition) is 4. The molecule has 2 aromatic rings. The van der Waals surface area contributed by atoms with Crippen molar-refractivity contribution in [3.8, 4) is 0 Å². The molecule has 1 saturated carbocycles. The third-order valence-electron chi connectivity index (χ3n) is 5.20. The zero-order valence-corrected chi connectivity index (χ0v) is 12.9. The molecule has 0 saturated heterocycles. The highest BCUT2D eigenvalue weighted by Gasteiger charge is 2.26. The smallest absolute Gasteiger partial charge is 0.178 e. The van der Waals surface area contributed by atoms with Crippen molar-refractivity contribution in [2.45, 2.75) is 38.0 Å². The normalized spacial score (nSPS) is 20.8. The molecule has 5 nitrogen and oxygen atoms in total. The molecule has 2 aliphatic heterocycles. The van der Waals surface area contributed by atoms with E-state index in [2.05, 4.69) is 16.0 Å². The molecular weight excluding hydrogens is 288 g/mol. The van der Waals surface area contributed by atoms with Gasteiger partial charge in [0.25, 0.3) is 0 Å². The average Bonchev–Trinajstić information content (AvgIpc) is 3.22. The third kappa shape index (κ3) is 1.96. The fourth-order valence-electron chi connectivity index (χ4n) is 3.99. The number of aromatic amines is 1. The molecule has 1 N–H and O–H groups in total. The highest BCUT2D eigenvalue weighted by molar-refractivity contribution is 5.95. The molecule has 2 aromatic heterocycles. The number of carbonyl (C=O) groups excluding carboxylic acids is 1. The van der Waals surface area contributed by atoms with Crippen LogP contribution in [-0.4, -0.2) is 32.2 Å². The van der Waals surface area contributed by atoms with Crippen LogP contribution in [0.5, 0.6) is 0 Å². The van der Waals surface area contributed by atoms with E-state index in [0.29, 0.717) is 18.9 Å². The Labute approximate surface area is 134 Å². The molecule has 0 aromatic carbocycles. The molecule has 5 heteroatoms. The van der Waals surface area contributed by atoms with E-state index in [-0.39, 0.29) is 5.78 Å². The zero-order chi connectivity index (χ0) is 15.4. The Morgan fingerprint density at radius 1 is 1.26 bits per heavy atom. The first-order valence-corrected chi connectivity index (χ1v) is 8.35. The maximum atomic E-state index is 11.6.